The van der Waals surface area contributed by atoms with Crippen LogP contribution in [0.3, 0.4) is 0 Å². The number of carbonyl (C=O) groups excluding carboxylic acids is 7. The molecule has 498 valence electrons. The molecular formula is C66H74Cl2N5O20-. The fraction of sp³-hybridized carbons (Fsp3) is 0.333. The zero-order valence-electron chi connectivity index (χ0n) is 50.9. The summed E-state index contributed by atoms with van der Waals surface area (Å²) in [7, 11) is 7.90. The number of hydrogen-bond acceptors (Lipinski definition) is 20. The van der Waals surface area contributed by atoms with Crippen molar-refractivity contribution in [2.24, 2.45) is 35.5 Å². The van der Waals surface area contributed by atoms with Crippen molar-refractivity contribution in [1.82, 2.24) is 0 Å². The molecular weight excluding hydrogens is 1250 g/mol. The second-order valence-corrected chi connectivity index (χ2v) is 20.6. The molecule has 27 heteroatoms. The highest BCUT2D eigenvalue weighted by molar-refractivity contribution is 6.61. The van der Waals surface area contributed by atoms with Gasteiger partial charge in [-0.25, -0.2) is 9.59 Å². The summed E-state index contributed by atoms with van der Waals surface area (Å²) in [5, 5.41) is 20.5. The summed E-state index contributed by atoms with van der Waals surface area (Å²) in [6, 6.07) is 35.0. The lowest BCUT2D eigenvalue weighted by atomic mass is 9.81. The molecule has 0 spiro atoms. The molecule has 12 atom stereocenters. The largest absolute Gasteiger partial charge is 1.00 e. The van der Waals surface area contributed by atoms with Crippen LogP contribution in [0.4, 0.5) is 38.0 Å². The van der Waals surface area contributed by atoms with E-state index in [2.05, 4.69) is 35.5 Å². The van der Waals surface area contributed by atoms with Crippen molar-refractivity contribution in [3.05, 3.63) is 158 Å². The van der Waals surface area contributed by atoms with E-state index in [1.165, 1.54) is 0 Å². The van der Waals surface area contributed by atoms with E-state index in [0.29, 0.717) is 52.4 Å². The number of halogens is 2. The van der Waals surface area contributed by atoms with Crippen LogP contribution in [0, 0.1) is 35.5 Å². The van der Waals surface area contributed by atoms with Crippen LogP contribution in [0.25, 0.3) is 0 Å². The molecule has 4 amide bonds. The Balaban J connectivity index is 0.000000227. The molecule has 7 N–H and O–H groups in total. The SMILES string of the molecule is C.CCOC(=O)Cl.CCOC(=O)OC(=O)C1C2C=CC(O2)C1C(=O)Nc1ccc(OC)cc1.COc1ccc(N)cc1.COc1ccc(NC(=O)C2C3C=CC(O3)C2C(=O)Nc2ccc(OC)cc2)cc1.COc1ccc(NC(=O)C2C3C=CC(O3)C2C(=O)O)cc1.[Cl-]. The maximum atomic E-state index is 13.0. The molecule has 5 aromatic rings. The fourth-order valence-corrected chi connectivity index (χ4v) is 10.5. The van der Waals surface area contributed by atoms with E-state index in [1.807, 2.05) is 24.3 Å². The van der Waals surface area contributed by atoms with Gasteiger partial charge in [0, 0.05) is 40.0 Å². The lowest BCUT2D eigenvalue weighted by Crippen LogP contribution is -3.00. The zero-order chi connectivity index (χ0) is 65.7. The Morgan fingerprint density at radius 3 is 0.914 bits per heavy atom. The number of amides is 4. The molecule has 25 nitrogen and oxygen atoms in total. The maximum absolute atomic E-state index is 13.0. The first-order valence-corrected chi connectivity index (χ1v) is 28.8. The third-order valence-electron chi connectivity index (χ3n) is 14.7. The number of nitrogens with one attached hydrogen (secondary N) is 4. The molecule has 11 rings (SSSR count). The number of anilines is 5. The summed E-state index contributed by atoms with van der Waals surface area (Å²) in [5.41, 5.74) is 7.87. The van der Waals surface area contributed by atoms with E-state index in [9.17, 15) is 43.5 Å². The number of esters is 1. The van der Waals surface area contributed by atoms with E-state index in [4.69, 9.17) is 55.2 Å². The van der Waals surface area contributed by atoms with Crippen molar-refractivity contribution >= 4 is 87.2 Å². The molecule has 6 aliphatic rings. The van der Waals surface area contributed by atoms with Crippen molar-refractivity contribution < 1.29 is 108 Å². The first kappa shape index (κ1) is 74.1. The summed E-state index contributed by atoms with van der Waals surface area (Å²) in [6.07, 6.45) is 6.55. The second kappa shape index (κ2) is 35.8. The average Bonchev–Trinajstić information content (AvgIpc) is 1.64. The monoisotopic (exact) mass is 1330 g/mol. The Bertz CT molecular complexity index is 3330. The molecule has 0 saturated carbocycles. The lowest BCUT2D eigenvalue weighted by Gasteiger charge is -2.23. The zero-order valence-corrected chi connectivity index (χ0v) is 52.4. The van der Waals surface area contributed by atoms with Gasteiger partial charge in [-0.2, -0.15) is 0 Å². The number of carboxylic acids is 1. The summed E-state index contributed by atoms with van der Waals surface area (Å²) in [6.45, 7) is 3.73. The van der Waals surface area contributed by atoms with Crippen LogP contribution >= 0.6 is 11.6 Å². The smallest absolute Gasteiger partial charge is 0.516 e. The molecule has 12 unspecified atom stereocenters. The van der Waals surface area contributed by atoms with Crippen LogP contribution < -0.4 is 63.1 Å². The predicted molar refractivity (Wildman–Crippen MR) is 339 cm³/mol. The third-order valence-corrected chi connectivity index (χ3v) is 14.8. The quantitative estimate of drug-likeness (QED) is 0.0194. The van der Waals surface area contributed by atoms with Crippen LogP contribution in [0.15, 0.2) is 158 Å². The van der Waals surface area contributed by atoms with Gasteiger partial charge in [-0.05, 0) is 135 Å². The van der Waals surface area contributed by atoms with Gasteiger partial charge < -0.3 is 96.6 Å². The van der Waals surface area contributed by atoms with Gasteiger partial charge in [0.05, 0.1) is 109 Å². The number of carbonyl (C=O) groups is 8. The van der Waals surface area contributed by atoms with E-state index >= 15 is 0 Å². The molecule has 93 heavy (non-hydrogen) atoms. The van der Waals surface area contributed by atoms with Gasteiger partial charge in [0.1, 0.15) is 40.6 Å². The Morgan fingerprint density at radius 1 is 0.419 bits per heavy atom. The number of methoxy groups -OCH3 is 5. The number of nitrogen functional groups attached to an aromatic ring is 1. The number of fused-ring (bicyclic) bond motifs is 6. The molecule has 3 saturated heterocycles. The van der Waals surface area contributed by atoms with Crippen molar-refractivity contribution in [2.75, 3.05) is 75.8 Å². The minimum Gasteiger partial charge on any atom is -1.00 e. The Morgan fingerprint density at radius 2 is 0.667 bits per heavy atom. The van der Waals surface area contributed by atoms with Gasteiger partial charge in [-0.15, -0.1) is 0 Å². The molecule has 0 radical (unpaired) electrons. The van der Waals surface area contributed by atoms with Gasteiger partial charge >= 0.3 is 23.5 Å². The fourth-order valence-electron chi connectivity index (χ4n) is 10.4. The van der Waals surface area contributed by atoms with Crippen molar-refractivity contribution in [3.63, 3.8) is 0 Å². The summed E-state index contributed by atoms with van der Waals surface area (Å²) >= 11 is 4.72. The Hall–Kier alpha value is -9.66. The molecule has 3 fully saturated rings. The van der Waals surface area contributed by atoms with E-state index in [1.54, 1.807) is 183 Å². The molecule has 6 heterocycles. The van der Waals surface area contributed by atoms with Crippen LogP contribution in [0.2, 0.25) is 0 Å². The molecule has 5 aromatic carbocycles. The highest BCUT2D eigenvalue weighted by Crippen LogP contribution is 2.43. The highest BCUT2D eigenvalue weighted by Gasteiger charge is 2.56. The predicted octanol–water partition coefficient (Wildman–Crippen LogP) is 6.34. The third kappa shape index (κ3) is 19.9. The maximum Gasteiger partial charge on any atom is 0.516 e. The topological polar surface area (TPSA) is 332 Å². The van der Waals surface area contributed by atoms with Gasteiger partial charge in [-0.1, -0.05) is 43.9 Å². The first-order valence-electron chi connectivity index (χ1n) is 28.5. The minimum absolute atomic E-state index is 0. The van der Waals surface area contributed by atoms with E-state index in [-0.39, 0.29) is 44.2 Å². The number of hydrogen-bond donors (Lipinski definition) is 6. The first-order chi connectivity index (χ1) is 43.8. The van der Waals surface area contributed by atoms with E-state index < -0.39 is 102 Å². The number of nitrogens with two attached hydrogens (primary N) is 1. The summed E-state index contributed by atoms with van der Waals surface area (Å²) in [4.78, 5) is 95.6. The van der Waals surface area contributed by atoms with Crippen LogP contribution in [-0.2, 0) is 57.2 Å². The summed E-state index contributed by atoms with van der Waals surface area (Å²) < 4.78 is 55.7. The highest BCUT2D eigenvalue weighted by atomic mass is 35.5. The lowest BCUT2D eigenvalue weighted by molar-refractivity contribution is -0.148. The average molecular weight is 1330 g/mol. The number of ether oxygens (including phenoxy) is 11. The van der Waals surface area contributed by atoms with E-state index in [0.717, 1.165) is 11.4 Å². The van der Waals surface area contributed by atoms with Crippen LogP contribution in [0.5, 0.6) is 28.7 Å². The molecule has 6 bridgehead atoms. The van der Waals surface area contributed by atoms with Crippen LogP contribution in [-0.4, -0.2) is 138 Å². The molecule has 0 aliphatic carbocycles. The van der Waals surface area contributed by atoms with Gasteiger partial charge in [0.15, 0.2) is 0 Å². The van der Waals surface area contributed by atoms with Crippen molar-refractivity contribution in [2.45, 2.75) is 57.9 Å². The van der Waals surface area contributed by atoms with Gasteiger partial charge in [-0.3, -0.25) is 28.8 Å². The molecule has 0 aromatic heterocycles. The number of rotatable bonds is 17. The Labute approximate surface area is 548 Å². The van der Waals surface area contributed by atoms with Crippen molar-refractivity contribution in [1.29, 1.82) is 0 Å². The summed E-state index contributed by atoms with van der Waals surface area (Å²) in [5.74, 6) is -3.97. The Kier molecular flexibility index (Phi) is 28.5. The van der Waals surface area contributed by atoms with Crippen LogP contribution in [0.1, 0.15) is 21.3 Å². The molecule has 6 aliphatic heterocycles. The standard InChI is InChI=1S/C22H22N2O5.C18H19NO7.C15H15NO5.C7H9NO.C3H5ClO2.CH4.ClH/c1-27-15-7-3-13(4-8-15)23-21(25)19-17-11-12-18(29-17)20(19)22(26)24-14-5-9-16(28-2)10-6-14;1-3-24-18(22)26-17(21)15-13-9-8-12(25-13)14(15)16(20)19-10-4-6-11(23-2)7-5-10;1-20-9-4-2-8(3-5-9)16-14(17)12-10-6-7-11(21-10)13(12)15(18)19;1-9-7-4-2-6(8)3-5-7;1-2-6-3(4)5;;/h3-12,17-20H,1-2H3,(H,23,25)(H,24,26);4-9,12-15H,3H2,1-2H3,(H,19,20);2-7,10-13H,1H3,(H,16,17)(H,18,19);2-5H,8H2,1H3;2H2,1H3;1H4;1H/p-1. The number of carboxylic acid groups (broad SMARTS) is 1. The minimum atomic E-state index is -1.08. The second-order valence-electron chi connectivity index (χ2n) is 20.3. The number of benzene rings is 5. The van der Waals surface area contributed by atoms with Gasteiger partial charge in [0.2, 0.25) is 23.6 Å². The number of aliphatic carboxylic acids is 1. The van der Waals surface area contributed by atoms with Gasteiger partial charge in [0.25, 0.3) is 0 Å². The van der Waals surface area contributed by atoms with Crippen molar-refractivity contribution in [3.8, 4) is 28.7 Å². The normalized spacial score (nSPS) is 22.7.